The fourth-order valence-corrected chi connectivity index (χ4v) is 2.91. The molecule has 2 unspecified atom stereocenters. The molecule has 0 aromatic rings. The van der Waals surface area contributed by atoms with E-state index in [1.165, 1.54) is 38.9 Å². The van der Waals surface area contributed by atoms with Gasteiger partial charge in [0, 0.05) is 13.1 Å². The van der Waals surface area contributed by atoms with Crippen LogP contribution in [-0.4, -0.2) is 31.1 Å². The maximum atomic E-state index is 5.91. The summed E-state index contributed by atoms with van der Waals surface area (Å²) < 4.78 is 0. The van der Waals surface area contributed by atoms with Crippen molar-refractivity contribution < 1.29 is 0 Å². The van der Waals surface area contributed by atoms with Crippen LogP contribution in [0.4, 0.5) is 0 Å². The monoisotopic (exact) mass is 226 g/mol. The second kappa shape index (κ2) is 6.02. The van der Waals surface area contributed by atoms with Crippen molar-refractivity contribution in [3.05, 3.63) is 0 Å². The zero-order valence-electron chi connectivity index (χ0n) is 11.6. The summed E-state index contributed by atoms with van der Waals surface area (Å²) in [6.45, 7) is 13.9. The normalized spacial score (nSPS) is 25.7. The molecule has 16 heavy (non-hydrogen) atoms. The average molecular weight is 226 g/mol. The highest BCUT2D eigenvalue weighted by atomic mass is 15.1. The number of hydrogen-bond donors (Lipinski definition) is 1. The van der Waals surface area contributed by atoms with Gasteiger partial charge in [-0.3, -0.25) is 0 Å². The Morgan fingerprint density at radius 3 is 2.56 bits per heavy atom. The molecule has 0 aromatic heterocycles. The molecule has 0 saturated carbocycles. The van der Waals surface area contributed by atoms with E-state index in [0.717, 1.165) is 12.5 Å². The van der Waals surface area contributed by atoms with E-state index in [4.69, 9.17) is 5.73 Å². The minimum Gasteiger partial charge on any atom is -0.330 e. The first kappa shape index (κ1) is 14.0. The van der Waals surface area contributed by atoms with Crippen LogP contribution in [-0.2, 0) is 0 Å². The van der Waals surface area contributed by atoms with E-state index in [1.807, 2.05) is 0 Å². The molecule has 2 heteroatoms. The van der Waals surface area contributed by atoms with Gasteiger partial charge in [0.15, 0.2) is 0 Å². The number of nitrogens with two attached hydrogens (primary N) is 1. The van der Waals surface area contributed by atoms with Gasteiger partial charge in [-0.1, -0.05) is 27.7 Å². The summed E-state index contributed by atoms with van der Waals surface area (Å²) in [6, 6.07) is 0. The number of rotatable bonds is 4. The summed E-state index contributed by atoms with van der Waals surface area (Å²) in [4.78, 5) is 2.62. The Bertz CT molecular complexity index is 195. The molecule has 2 N–H and O–H groups in total. The Kier molecular flexibility index (Phi) is 5.26. The van der Waals surface area contributed by atoms with E-state index in [2.05, 4.69) is 32.6 Å². The van der Waals surface area contributed by atoms with Gasteiger partial charge in [0.2, 0.25) is 0 Å². The lowest BCUT2D eigenvalue weighted by molar-refractivity contribution is 0.143. The molecule has 2 atom stereocenters. The lowest BCUT2D eigenvalue weighted by Gasteiger charge is -2.35. The summed E-state index contributed by atoms with van der Waals surface area (Å²) in [6.07, 6.45) is 4.02. The lowest BCUT2D eigenvalue weighted by atomic mass is 9.84. The molecule has 0 aromatic carbocycles. The Morgan fingerprint density at radius 1 is 1.38 bits per heavy atom. The van der Waals surface area contributed by atoms with Gasteiger partial charge < -0.3 is 10.6 Å². The Balaban J connectivity index is 2.37. The van der Waals surface area contributed by atoms with Crippen molar-refractivity contribution in [1.82, 2.24) is 4.90 Å². The number of likely N-dealkylation sites (tertiary alicyclic amines) is 1. The molecule has 1 saturated heterocycles. The molecule has 0 radical (unpaired) electrons. The lowest BCUT2D eigenvalue weighted by Crippen LogP contribution is -2.40. The van der Waals surface area contributed by atoms with E-state index >= 15 is 0 Å². The highest BCUT2D eigenvalue weighted by Crippen LogP contribution is 2.25. The van der Waals surface area contributed by atoms with Crippen LogP contribution in [0.25, 0.3) is 0 Å². The van der Waals surface area contributed by atoms with Crippen LogP contribution in [0.15, 0.2) is 0 Å². The van der Waals surface area contributed by atoms with Crippen LogP contribution in [0.3, 0.4) is 0 Å². The zero-order valence-corrected chi connectivity index (χ0v) is 11.6. The zero-order chi connectivity index (χ0) is 12.2. The van der Waals surface area contributed by atoms with Crippen molar-refractivity contribution in [3.8, 4) is 0 Å². The molecule has 0 bridgehead atoms. The number of nitrogens with zero attached hydrogens (tertiary/aromatic N) is 1. The maximum absolute atomic E-state index is 5.91. The first-order chi connectivity index (χ1) is 7.40. The molecule has 1 aliphatic heterocycles. The van der Waals surface area contributed by atoms with Gasteiger partial charge in [-0.25, -0.2) is 0 Å². The molecule has 96 valence electrons. The van der Waals surface area contributed by atoms with Crippen LogP contribution < -0.4 is 5.73 Å². The minimum absolute atomic E-state index is 0.408. The standard InChI is InChI=1S/C14H30N2/c1-12-6-5-7-16(10-12)11-13(9-15)8-14(2,3)4/h12-13H,5-11,15H2,1-4H3. The molecule has 0 aliphatic carbocycles. The molecule has 2 nitrogen and oxygen atoms in total. The quantitative estimate of drug-likeness (QED) is 0.798. The van der Waals surface area contributed by atoms with Crippen molar-refractivity contribution in [2.24, 2.45) is 23.0 Å². The van der Waals surface area contributed by atoms with Crippen molar-refractivity contribution in [2.45, 2.75) is 47.0 Å². The van der Waals surface area contributed by atoms with Crippen LogP contribution in [0.2, 0.25) is 0 Å². The van der Waals surface area contributed by atoms with Gasteiger partial charge in [-0.05, 0) is 49.6 Å². The molecule has 1 fully saturated rings. The van der Waals surface area contributed by atoms with Gasteiger partial charge in [0.1, 0.15) is 0 Å². The SMILES string of the molecule is CC1CCCN(CC(CN)CC(C)(C)C)C1. The van der Waals surface area contributed by atoms with E-state index in [1.54, 1.807) is 0 Å². The second-order valence-electron chi connectivity index (χ2n) is 6.87. The third-order valence-electron chi connectivity index (χ3n) is 3.49. The van der Waals surface area contributed by atoms with Gasteiger partial charge in [-0.2, -0.15) is 0 Å². The van der Waals surface area contributed by atoms with E-state index in [0.29, 0.717) is 11.3 Å². The summed E-state index contributed by atoms with van der Waals surface area (Å²) >= 11 is 0. The summed E-state index contributed by atoms with van der Waals surface area (Å²) in [5.41, 5.74) is 6.31. The number of hydrogen-bond acceptors (Lipinski definition) is 2. The third-order valence-corrected chi connectivity index (χ3v) is 3.49. The van der Waals surface area contributed by atoms with Crippen molar-refractivity contribution in [2.75, 3.05) is 26.2 Å². The van der Waals surface area contributed by atoms with E-state index in [-0.39, 0.29) is 0 Å². The molecular weight excluding hydrogens is 196 g/mol. The molecule has 1 rings (SSSR count). The van der Waals surface area contributed by atoms with Crippen LogP contribution >= 0.6 is 0 Å². The predicted molar refractivity (Wildman–Crippen MR) is 71.5 cm³/mol. The van der Waals surface area contributed by atoms with Gasteiger partial charge >= 0.3 is 0 Å². The maximum Gasteiger partial charge on any atom is 0.00220 e. The van der Waals surface area contributed by atoms with Crippen LogP contribution in [0.1, 0.15) is 47.0 Å². The largest absolute Gasteiger partial charge is 0.330 e. The third kappa shape index (κ3) is 5.31. The molecule has 1 heterocycles. The van der Waals surface area contributed by atoms with Crippen molar-refractivity contribution in [1.29, 1.82) is 0 Å². The van der Waals surface area contributed by atoms with Gasteiger partial charge in [0.05, 0.1) is 0 Å². The summed E-state index contributed by atoms with van der Waals surface area (Å²) in [5, 5.41) is 0. The predicted octanol–water partition coefficient (Wildman–Crippen LogP) is 2.73. The van der Waals surface area contributed by atoms with Gasteiger partial charge in [-0.15, -0.1) is 0 Å². The summed E-state index contributed by atoms with van der Waals surface area (Å²) in [5.74, 6) is 1.55. The number of piperidine rings is 1. The minimum atomic E-state index is 0.408. The van der Waals surface area contributed by atoms with Crippen molar-refractivity contribution >= 4 is 0 Å². The first-order valence-corrected chi connectivity index (χ1v) is 6.83. The fourth-order valence-electron chi connectivity index (χ4n) is 2.91. The Hall–Kier alpha value is -0.0800. The molecule has 0 amide bonds. The Labute approximate surface area is 102 Å². The molecule has 1 aliphatic rings. The fraction of sp³-hybridized carbons (Fsp3) is 1.00. The molecular formula is C14H30N2. The van der Waals surface area contributed by atoms with E-state index < -0.39 is 0 Å². The van der Waals surface area contributed by atoms with Gasteiger partial charge in [0.25, 0.3) is 0 Å². The highest BCUT2D eigenvalue weighted by Gasteiger charge is 2.22. The molecule has 0 spiro atoms. The first-order valence-electron chi connectivity index (χ1n) is 6.83. The Morgan fingerprint density at radius 2 is 2.06 bits per heavy atom. The smallest absolute Gasteiger partial charge is 0.00220 e. The highest BCUT2D eigenvalue weighted by molar-refractivity contribution is 4.76. The van der Waals surface area contributed by atoms with Crippen LogP contribution in [0, 0.1) is 17.3 Å². The van der Waals surface area contributed by atoms with Crippen LogP contribution in [0.5, 0.6) is 0 Å². The topological polar surface area (TPSA) is 29.3 Å². The average Bonchev–Trinajstić information content (AvgIpc) is 2.14. The van der Waals surface area contributed by atoms with Crippen molar-refractivity contribution in [3.63, 3.8) is 0 Å². The summed E-state index contributed by atoms with van der Waals surface area (Å²) in [7, 11) is 0. The van der Waals surface area contributed by atoms with E-state index in [9.17, 15) is 0 Å². The second-order valence-corrected chi connectivity index (χ2v) is 6.87.